The second-order valence-electron chi connectivity index (χ2n) is 10.7. The van der Waals surface area contributed by atoms with Crippen molar-refractivity contribution in [1.82, 2.24) is 10.2 Å². The summed E-state index contributed by atoms with van der Waals surface area (Å²) in [7, 11) is -1.93. The molecular weight excluding hydrogens is 380 g/mol. The zero-order valence-electron chi connectivity index (χ0n) is 19.5. The Bertz CT molecular complexity index is 665. The standard InChI is InChI=1S/C23H40N2O3Si/c1-22(2,3)27-21(26)25-16-19(15-24-14-18-12-10-9-11-13-18)20(17-25)28-29(7,8)23(4,5)6/h9-13,19-20,24H,14-17H2,1-8H3/t19-,20+/m1/s1. The van der Waals surface area contributed by atoms with Crippen LogP contribution in [0.5, 0.6) is 0 Å². The number of likely N-dealkylation sites (tertiary alicyclic amines) is 1. The molecule has 1 saturated heterocycles. The van der Waals surface area contributed by atoms with Crippen LogP contribution in [0.2, 0.25) is 18.1 Å². The van der Waals surface area contributed by atoms with Crippen LogP contribution in [0.25, 0.3) is 0 Å². The molecule has 0 spiro atoms. The van der Waals surface area contributed by atoms with E-state index in [9.17, 15) is 4.79 Å². The molecule has 1 heterocycles. The van der Waals surface area contributed by atoms with Gasteiger partial charge in [0.2, 0.25) is 0 Å². The third-order valence-electron chi connectivity index (χ3n) is 5.86. The van der Waals surface area contributed by atoms with Crippen molar-refractivity contribution in [1.29, 1.82) is 0 Å². The molecule has 1 aromatic carbocycles. The minimum atomic E-state index is -1.93. The lowest BCUT2D eigenvalue weighted by molar-refractivity contribution is 0.0272. The Morgan fingerprint density at radius 2 is 1.72 bits per heavy atom. The Labute approximate surface area is 178 Å². The number of ether oxygens (including phenoxy) is 1. The van der Waals surface area contributed by atoms with E-state index in [4.69, 9.17) is 9.16 Å². The highest BCUT2D eigenvalue weighted by molar-refractivity contribution is 6.74. The van der Waals surface area contributed by atoms with Crippen LogP contribution in [0.4, 0.5) is 4.79 Å². The molecule has 0 aliphatic carbocycles. The monoisotopic (exact) mass is 420 g/mol. The zero-order valence-corrected chi connectivity index (χ0v) is 20.5. The average Bonchev–Trinajstić information content (AvgIpc) is 2.96. The first-order chi connectivity index (χ1) is 13.3. The van der Waals surface area contributed by atoms with Crippen molar-refractivity contribution in [3.63, 3.8) is 0 Å². The van der Waals surface area contributed by atoms with Gasteiger partial charge in [-0.2, -0.15) is 0 Å². The van der Waals surface area contributed by atoms with Gasteiger partial charge >= 0.3 is 6.09 Å². The van der Waals surface area contributed by atoms with Gasteiger partial charge in [-0.1, -0.05) is 51.1 Å². The molecule has 1 aliphatic heterocycles. The number of hydrogen-bond acceptors (Lipinski definition) is 4. The molecule has 0 bridgehead atoms. The molecule has 6 heteroatoms. The minimum absolute atomic E-state index is 0.0340. The van der Waals surface area contributed by atoms with Crippen LogP contribution in [0.3, 0.4) is 0 Å². The maximum atomic E-state index is 12.6. The van der Waals surface area contributed by atoms with E-state index in [-0.39, 0.29) is 23.2 Å². The van der Waals surface area contributed by atoms with Crippen molar-refractivity contribution in [2.75, 3.05) is 19.6 Å². The van der Waals surface area contributed by atoms with E-state index in [1.807, 2.05) is 31.7 Å². The van der Waals surface area contributed by atoms with E-state index >= 15 is 0 Å². The van der Waals surface area contributed by atoms with E-state index in [1.165, 1.54) is 5.56 Å². The van der Waals surface area contributed by atoms with E-state index in [0.717, 1.165) is 13.1 Å². The number of carbonyl (C=O) groups is 1. The first-order valence-corrected chi connectivity index (χ1v) is 13.6. The fourth-order valence-corrected chi connectivity index (χ4v) is 4.58. The Morgan fingerprint density at radius 1 is 1.10 bits per heavy atom. The van der Waals surface area contributed by atoms with Crippen LogP contribution in [0.15, 0.2) is 30.3 Å². The van der Waals surface area contributed by atoms with E-state index in [0.29, 0.717) is 13.1 Å². The van der Waals surface area contributed by atoms with Crippen molar-refractivity contribution < 1.29 is 14.0 Å². The fourth-order valence-electron chi connectivity index (χ4n) is 3.20. The molecule has 2 atom stereocenters. The highest BCUT2D eigenvalue weighted by Crippen LogP contribution is 2.39. The average molecular weight is 421 g/mol. The summed E-state index contributed by atoms with van der Waals surface area (Å²) in [6.07, 6.45) is -0.210. The molecule has 1 aliphatic rings. The zero-order chi connectivity index (χ0) is 21.9. The fraction of sp³-hybridized carbons (Fsp3) is 0.696. The van der Waals surface area contributed by atoms with Crippen LogP contribution in [0.1, 0.15) is 47.1 Å². The molecule has 0 radical (unpaired) electrons. The van der Waals surface area contributed by atoms with Gasteiger partial charge < -0.3 is 19.4 Å². The number of amides is 1. The van der Waals surface area contributed by atoms with Crippen LogP contribution in [0, 0.1) is 5.92 Å². The van der Waals surface area contributed by atoms with Crippen LogP contribution < -0.4 is 5.32 Å². The summed E-state index contributed by atoms with van der Waals surface area (Å²) in [5, 5.41) is 3.70. The van der Waals surface area contributed by atoms with Gasteiger partial charge in [-0.3, -0.25) is 0 Å². The third kappa shape index (κ3) is 7.12. The van der Waals surface area contributed by atoms with Gasteiger partial charge in [0.1, 0.15) is 5.60 Å². The molecule has 0 unspecified atom stereocenters. The lowest BCUT2D eigenvalue weighted by Crippen LogP contribution is -2.47. The molecule has 1 amide bonds. The first kappa shape index (κ1) is 23.9. The van der Waals surface area contributed by atoms with Crippen LogP contribution in [-0.4, -0.2) is 50.6 Å². The van der Waals surface area contributed by atoms with E-state index < -0.39 is 13.9 Å². The van der Waals surface area contributed by atoms with Crippen LogP contribution >= 0.6 is 0 Å². The molecule has 1 fully saturated rings. The number of benzene rings is 1. The van der Waals surface area contributed by atoms with Crippen LogP contribution in [-0.2, 0) is 15.7 Å². The number of hydrogen-bond donors (Lipinski definition) is 1. The van der Waals surface area contributed by atoms with Gasteiger partial charge in [0.05, 0.1) is 6.10 Å². The number of rotatable bonds is 6. The second-order valence-corrected chi connectivity index (χ2v) is 15.4. The maximum absolute atomic E-state index is 12.6. The summed E-state index contributed by atoms with van der Waals surface area (Å²) < 4.78 is 12.4. The summed E-state index contributed by atoms with van der Waals surface area (Å²) >= 11 is 0. The van der Waals surface area contributed by atoms with Crippen molar-refractivity contribution in [2.45, 2.75) is 77.9 Å². The Morgan fingerprint density at radius 3 is 2.28 bits per heavy atom. The highest BCUT2D eigenvalue weighted by atomic mass is 28.4. The molecule has 0 aromatic heterocycles. The minimum Gasteiger partial charge on any atom is -0.444 e. The lowest BCUT2D eigenvalue weighted by Gasteiger charge is -2.39. The molecular formula is C23H40N2O3Si. The smallest absolute Gasteiger partial charge is 0.410 e. The lowest BCUT2D eigenvalue weighted by atomic mass is 10.1. The molecule has 2 rings (SSSR count). The SMILES string of the molecule is CC(C)(C)OC(=O)N1C[C@@H](CNCc2ccccc2)[C@@H](O[Si](C)(C)C(C)(C)C)C1. The second kappa shape index (κ2) is 9.19. The highest BCUT2D eigenvalue weighted by Gasteiger charge is 2.44. The molecule has 5 nitrogen and oxygen atoms in total. The number of carbonyl (C=O) groups excluding carboxylic acids is 1. The number of nitrogens with zero attached hydrogens (tertiary/aromatic N) is 1. The molecule has 29 heavy (non-hydrogen) atoms. The summed E-state index contributed by atoms with van der Waals surface area (Å²) in [5.74, 6) is 0.250. The predicted molar refractivity (Wildman–Crippen MR) is 122 cm³/mol. The molecule has 1 N–H and O–H groups in total. The van der Waals surface area contributed by atoms with Gasteiger partial charge in [-0.25, -0.2) is 4.79 Å². The van der Waals surface area contributed by atoms with Gasteiger partial charge in [0.25, 0.3) is 0 Å². The van der Waals surface area contributed by atoms with E-state index in [1.54, 1.807) is 0 Å². The normalized spacial score (nSPS) is 20.8. The van der Waals surface area contributed by atoms with E-state index in [2.05, 4.69) is 63.4 Å². The maximum Gasteiger partial charge on any atom is 0.410 e. The summed E-state index contributed by atoms with van der Waals surface area (Å²) in [6, 6.07) is 10.4. The molecule has 0 saturated carbocycles. The summed E-state index contributed by atoms with van der Waals surface area (Å²) in [5.41, 5.74) is 0.771. The van der Waals surface area contributed by atoms with Crippen molar-refractivity contribution in [3.05, 3.63) is 35.9 Å². The quantitative estimate of drug-likeness (QED) is 0.656. The van der Waals surface area contributed by atoms with Crippen molar-refractivity contribution in [3.8, 4) is 0 Å². The van der Waals surface area contributed by atoms with Crippen molar-refractivity contribution in [2.24, 2.45) is 5.92 Å². The van der Waals surface area contributed by atoms with Gasteiger partial charge in [-0.05, 0) is 44.5 Å². The molecule has 164 valence electrons. The number of nitrogens with one attached hydrogen (secondary N) is 1. The topological polar surface area (TPSA) is 50.8 Å². The van der Waals surface area contributed by atoms with Gasteiger partial charge in [-0.15, -0.1) is 0 Å². The Kier molecular flexibility index (Phi) is 7.57. The Balaban J connectivity index is 2.05. The largest absolute Gasteiger partial charge is 0.444 e. The first-order valence-electron chi connectivity index (χ1n) is 10.7. The van der Waals surface area contributed by atoms with Crippen molar-refractivity contribution >= 4 is 14.4 Å². The van der Waals surface area contributed by atoms with Gasteiger partial charge in [0.15, 0.2) is 8.32 Å². The van der Waals surface area contributed by atoms with Gasteiger partial charge in [0, 0.05) is 32.1 Å². The third-order valence-corrected chi connectivity index (χ3v) is 10.4. The Hall–Kier alpha value is -1.37. The summed E-state index contributed by atoms with van der Waals surface area (Å²) in [4.78, 5) is 14.5. The predicted octanol–water partition coefficient (Wildman–Crippen LogP) is 5.03. The summed E-state index contributed by atoms with van der Waals surface area (Å²) in [6.45, 7) is 19.9. The molecule has 1 aromatic rings.